The molecule has 1 amide bonds. The van der Waals surface area contributed by atoms with E-state index in [1.807, 2.05) is 18.2 Å². The second-order valence-corrected chi connectivity index (χ2v) is 5.69. The number of benzene rings is 1. The first-order valence-electron chi connectivity index (χ1n) is 7.78. The lowest BCUT2D eigenvalue weighted by molar-refractivity contribution is 0.102. The first kappa shape index (κ1) is 17.6. The van der Waals surface area contributed by atoms with E-state index in [1.165, 1.54) is 7.11 Å². The summed E-state index contributed by atoms with van der Waals surface area (Å²) in [5, 5.41) is 14.2. The minimum Gasteiger partial charge on any atom is -0.495 e. The zero-order chi connectivity index (χ0) is 18.4. The van der Waals surface area contributed by atoms with E-state index < -0.39 is 0 Å². The van der Waals surface area contributed by atoms with Gasteiger partial charge in [0, 0.05) is 11.9 Å². The molecule has 3 aromatic rings. The van der Waals surface area contributed by atoms with Crippen LogP contribution in [-0.2, 0) is 6.54 Å². The number of rotatable bonds is 6. The minimum atomic E-state index is -0.380. The van der Waals surface area contributed by atoms with Crippen LogP contribution in [0.15, 0.2) is 54.7 Å². The lowest BCUT2D eigenvalue weighted by atomic mass is 10.3. The molecule has 0 atom stereocenters. The SMILES string of the molecule is COc1ccc(NC(=O)c2ccc(NCc3ccccn3)nn2)cc1Cl. The van der Waals surface area contributed by atoms with Gasteiger partial charge >= 0.3 is 0 Å². The lowest BCUT2D eigenvalue weighted by Crippen LogP contribution is -2.15. The van der Waals surface area contributed by atoms with Gasteiger partial charge in [0.05, 0.1) is 24.4 Å². The van der Waals surface area contributed by atoms with Crippen molar-refractivity contribution < 1.29 is 9.53 Å². The molecule has 8 heteroatoms. The van der Waals surface area contributed by atoms with Crippen molar-refractivity contribution in [2.24, 2.45) is 0 Å². The zero-order valence-electron chi connectivity index (χ0n) is 13.9. The number of aromatic nitrogens is 3. The maximum Gasteiger partial charge on any atom is 0.276 e. The first-order chi connectivity index (χ1) is 12.7. The predicted octanol–water partition coefficient (Wildman–Crippen LogP) is 3.40. The van der Waals surface area contributed by atoms with E-state index in [-0.39, 0.29) is 11.6 Å². The van der Waals surface area contributed by atoms with Crippen LogP contribution in [-0.4, -0.2) is 28.2 Å². The van der Waals surface area contributed by atoms with Gasteiger partial charge in [0.25, 0.3) is 5.91 Å². The summed E-state index contributed by atoms with van der Waals surface area (Å²) in [4.78, 5) is 16.5. The molecule has 0 aliphatic rings. The molecule has 0 radical (unpaired) electrons. The third-order valence-electron chi connectivity index (χ3n) is 3.48. The van der Waals surface area contributed by atoms with Crippen LogP contribution in [0.5, 0.6) is 5.75 Å². The number of carbonyl (C=O) groups is 1. The van der Waals surface area contributed by atoms with Gasteiger partial charge < -0.3 is 15.4 Å². The Morgan fingerprint density at radius 2 is 2.04 bits per heavy atom. The van der Waals surface area contributed by atoms with E-state index in [0.717, 1.165) is 5.69 Å². The van der Waals surface area contributed by atoms with Crippen molar-refractivity contribution in [2.45, 2.75) is 6.54 Å². The Hall–Kier alpha value is -3.19. The molecule has 0 aliphatic heterocycles. The molecule has 2 N–H and O–H groups in total. The van der Waals surface area contributed by atoms with Gasteiger partial charge in [0.2, 0.25) is 0 Å². The van der Waals surface area contributed by atoms with E-state index in [0.29, 0.717) is 28.8 Å². The summed E-state index contributed by atoms with van der Waals surface area (Å²) in [5.74, 6) is 0.711. The number of carbonyl (C=O) groups excluding carboxylic acids is 1. The molecule has 0 saturated heterocycles. The van der Waals surface area contributed by atoms with Gasteiger partial charge in [-0.25, -0.2) is 0 Å². The van der Waals surface area contributed by atoms with Crippen molar-refractivity contribution in [3.8, 4) is 5.75 Å². The number of methoxy groups -OCH3 is 1. The maximum atomic E-state index is 12.3. The van der Waals surface area contributed by atoms with Gasteiger partial charge in [-0.05, 0) is 42.5 Å². The van der Waals surface area contributed by atoms with Gasteiger partial charge in [-0.2, -0.15) is 0 Å². The Morgan fingerprint density at radius 1 is 1.15 bits per heavy atom. The van der Waals surface area contributed by atoms with Crippen LogP contribution in [0.3, 0.4) is 0 Å². The quantitative estimate of drug-likeness (QED) is 0.692. The number of nitrogens with one attached hydrogen (secondary N) is 2. The molecule has 132 valence electrons. The first-order valence-corrected chi connectivity index (χ1v) is 8.16. The van der Waals surface area contributed by atoms with Crippen LogP contribution in [0.25, 0.3) is 0 Å². The van der Waals surface area contributed by atoms with E-state index in [2.05, 4.69) is 25.8 Å². The Kier molecular flexibility index (Phi) is 5.60. The van der Waals surface area contributed by atoms with Crippen molar-refractivity contribution in [3.05, 3.63) is 71.1 Å². The molecule has 7 nitrogen and oxygen atoms in total. The number of hydrogen-bond acceptors (Lipinski definition) is 6. The van der Waals surface area contributed by atoms with Crippen molar-refractivity contribution in [3.63, 3.8) is 0 Å². The maximum absolute atomic E-state index is 12.3. The molecular formula is C18H16ClN5O2. The van der Waals surface area contributed by atoms with E-state index >= 15 is 0 Å². The molecule has 26 heavy (non-hydrogen) atoms. The molecule has 0 saturated carbocycles. The van der Waals surface area contributed by atoms with Crippen LogP contribution in [0, 0.1) is 0 Å². The number of halogens is 1. The number of amides is 1. The molecular weight excluding hydrogens is 354 g/mol. The normalized spacial score (nSPS) is 10.2. The molecule has 0 unspecified atom stereocenters. The second kappa shape index (κ2) is 8.26. The lowest BCUT2D eigenvalue weighted by Gasteiger charge is -2.08. The highest BCUT2D eigenvalue weighted by atomic mass is 35.5. The largest absolute Gasteiger partial charge is 0.495 e. The number of ether oxygens (including phenoxy) is 1. The van der Waals surface area contributed by atoms with Crippen LogP contribution >= 0.6 is 11.6 Å². The molecule has 0 bridgehead atoms. The highest BCUT2D eigenvalue weighted by Crippen LogP contribution is 2.27. The van der Waals surface area contributed by atoms with Gasteiger partial charge in [-0.15, -0.1) is 10.2 Å². The standard InChI is InChI=1S/C18H16ClN5O2/c1-26-16-7-5-12(10-14(16)19)22-18(25)15-6-8-17(24-23-15)21-11-13-4-2-3-9-20-13/h2-10H,11H2,1H3,(H,21,24)(H,22,25). The van der Waals surface area contributed by atoms with Crippen molar-refractivity contribution in [1.29, 1.82) is 0 Å². The summed E-state index contributed by atoms with van der Waals surface area (Å²) in [7, 11) is 1.53. The van der Waals surface area contributed by atoms with Gasteiger partial charge in [-0.1, -0.05) is 17.7 Å². The smallest absolute Gasteiger partial charge is 0.276 e. The molecule has 0 fully saturated rings. The Morgan fingerprint density at radius 3 is 2.69 bits per heavy atom. The number of hydrogen-bond donors (Lipinski definition) is 2. The summed E-state index contributed by atoms with van der Waals surface area (Å²) >= 11 is 6.05. The summed E-state index contributed by atoms with van der Waals surface area (Å²) in [5.41, 5.74) is 1.62. The average Bonchev–Trinajstić information content (AvgIpc) is 2.68. The minimum absolute atomic E-state index is 0.195. The average molecular weight is 370 g/mol. The van der Waals surface area contributed by atoms with Crippen molar-refractivity contribution >= 4 is 29.0 Å². The molecule has 1 aromatic carbocycles. The summed E-state index contributed by atoms with van der Waals surface area (Å²) in [6, 6.07) is 13.9. The van der Waals surface area contributed by atoms with Gasteiger partial charge in [0.15, 0.2) is 5.69 Å². The summed E-state index contributed by atoms with van der Waals surface area (Å²) < 4.78 is 5.08. The molecule has 2 heterocycles. The Bertz CT molecular complexity index is 888. The van der Waals surface area contributed by atoms with Crippen LogP contribution in [0.4, 0.5) is 11.5 Å². The number of pyridine rings is 1. The fourth-order valence-corrected chi connectivity index (χ4v) is 2.43. The third kappa shape index (κ3) is 4.46. The number of nitrogens with zero attached hydrogens (tertiary/aromatic N) is 3. The van der Waals surface area contributed by atoms with E-state index in [9.17, 15) is 4.79 Å². The third-order valence-corrected chi connectivity index (χ3v) is 3.78. The van der Waals surface area contributed by atoms with Crippen LogP contribution < -0.4 is 15.4 Å². The fourth-order valence-electron chi connectivity index (χ4n) is 2.17. The van der Waals surface area contributed by atoms with Crippen LogP contribution in [0.2, 0.25) is 5.02 Å². The molecule has 2 aromatic heterocycles. The highest BCUT2D eigenvalue weighted by Gasteiger charge is 2.10. The van der Waals surface area contributed by atoms with E-state index in [1.54, 1.807) is 36.5 Å². The van der Waals surface area contributed by atoms with Crippen LogP contribution in [0.1, 0.15) is 16.2 Å². The molecule has 0 aliphatic carbocycles. The monoisotopic (exact) mass is 369 g/mol. The predicted molar refractivity (Wildman–Crippen MR) is 99.6 cm³/mol. The Labute approximate surface area is 155 Å². The molecule has 0 spiro atoms. The summed E-state index contributed by atoms with van der Waals surface area (Å²) in [6.07, 6.45) is 1.72. The van der Waals surface area contributed by atoms with Gasteiger partial charge in [0.1, 0.15) is 11.6 Å². The second-order valence-electron chi connectivity index (χ2n) is 5.28. The zero-order valence-corrected chi connectivity index (χ0v) is 14.7. The highest BCUT2D eigenvalue weighted by molar-refractivity contribution is 6.32. The topological polar surface area (TPSA) is 89.0 Å². The van der Waals surface area contributed by atoms with Gasteiger partial charge in [-0.3, -0.25) is 9.78 Å². The molecule has 3 rings (SSSR count). The summed E-state index contributed by atoms with van der Waals surface area (Å²) in [6.45, 7) is 0.519. The Balaban J connectivity index is 1.60. The number of anilines is 2. The van der Waals surface area contributed by atoms with E-state index in [4.69, 9.17) is 16.3 Å². The van der Waals surface area contributed by atoms with Crippen molar-refractivity contribution in [1.82, 2.24) is 15.2 Å². The fraction of sp³-hybridized carbons (Fsp3) is 0.111. The van der Waals surface area contributed by atoms with Crippen molar-refractivity contribution in [2.75, 3.05) is 17.7 Å².